The minimum atomic E-state index is -0.657. The van der Waals surface area contributed by atoms with Crippen molar-refractivity contribution in [3.05, 3.63) is 64.6 Å². The van der Waals surface area contributed by atoms with Crippen molar-refractivity contribution in [1.82, 2.24) is 5.32 Å². The highest BCUT2D eigenvalue weighted by molar-refractivity contribution is 9.10. The van der Waals surface area contributed by atoms with Crippen LogP contribution in [0.3, 0.4) is 0 Å². The maximum absolute atomic E-state index is 11.8. The molecule has 0 fully saturated rings. The molecule has 0 heterocycles. The van der Waals surface area contributed by atoms with Gasteiger partial charge in [0, 0.05) is 10.2 Å². The largest absolute Gasteiger partial charge is 0.369 e. The van der Waals surface area contributed by atoms with Crippen LogP contribution < -0.4 is 22.1 Å². The number of hydrogen-bond acceptors (Lipinski definition) is 3. The Morgan fingerprint density at radius 1 is 0.966 bits per heavy atom. The molecular formula is C21H27BrN4O3. The highest BCUT2D eigenvalue weighted by Gasteiger charge is 2.19. The SMILES string of the molecule is CC(C)CC(NC(=O)Nc1ccc(Br)cc1)C(N)=O.NC(=O)Cc1ccccc1. The smallest absolute Gasteiger partial charge is 0.319 e. The molecule has 8 heteroatoms. The van der Waals surface area contributed by atoms with Crippen molar-refractivity contribution >= 4 is 39.5 Å². The quantitative estimate of drug-likeness (QED) is 0.504. The Kier molecular flexibility index (Phi) is 10.5. The summed E-state index contributed by atoms with van der Waals surface area (Å²) in [4.78, 5) is 33.4. The number of amides is 4. The average molecular weight is 463 g/mol. The van der Waals surface area contributed by atoms with Crippen LogP contribution in [0.25, 0.3) is 0 Å². The normalized spacial score (nSPS) is 11.0. The van der Waals surface area contributed by atoms with E-state index >= 15 is 0 Å². The Morgan fingerprint density at radius 2 is 1.55 bits per heavy atom. The van der Waals surface area contributed by atoms with Crippen molar-refractivity contribution in [3.63, 3.8) is 0 Å². The van der Waals surface area contributed by atoms with Crippen molar-refractivity contribution in [2.24, 2.45) is 17.4 Å². The summed E-state index contributed by atoms with van der Waals surface area (Å²) in [6.45, 7) is 3.93. The average Bonchev–Trinajstić information content (AvgIpc) is 2.63. The van der Waals surface area contributed by atoms with Crippen LogP contribution in [0.15, 0.2) is 59.1 Å². The maximum atomic E-state index is 11.8. The van der Waals surface area contributed by atoms with Crippen LogP contribution in [0, 0.1) is 5.92 Å². The number of halogens is 1. The zero-order valence-corrected chi connectivity index (χ0v) is 18.1. The summed E-state index contributed by atoms with van der Waals surface area (Å²) in [5.41, 5.74) is 11.9. The Hall–Kier alpha value is -2.87. The first kappa shape index (κ1) is 24.2. The molecule has 2 aromatic carbocycles. The predicted molar refractivity (Wildman–Crippen MR) is 118 cm³/mol. The number of carbonyl (C=O) groups is 3. The summed E-state index contributed by atoms with van der Waals surface area (Å²) < 4.78 is 0.924. The fraction of sp³-hybridized carbons (Fsp3) is 0.286. The molecule has 1 atom stereocenters. The first-order valence-electron chi connectivity index (χ1n) is 9.12. The second kappa shape index (κ2) is 12.6. The number of hydrogen-bond donors (Lipinski definition) is 4. The molecule has 6 N–H and O–H groups in total. The number of nitrogens with two attached hydrogens (primary N) is 2. The third kappa shape index (κ3) is 10.9. The number of anilines is 1. The monoisotopic (exact) mass is 462 g/mol. The zero-order valence-electron chi connectivity index (χ0n) is 16.5. The van der Waals surface area contributed by atoms with Crippen LogP contribution in [-0.2, 0) is 16.0 Å². The summed E-state index contributed by atoms with van der Waals surface area (Å²) in [6, 6.07) is 15.5. The zero-order chi connectivity index (χ0) is 21.8. The molecule has 2 rings (SSSR count). The van der Waals surface area contributed by atoms with Crippen molar-refractivity contribution in [2.45, 2.75) is 32.7 Å². The molecule has 7 nitrogen and oxygen atoms in total. The standard InChI is InChI=1S/C13H18BrN3O2.C8H9NO/c1-8(2)7-11(12(15)18)17-13(19)16-10-5-3-9(14)4-6-10;9-8(10)6-7-4-2-1-3-5-7/h3-6,8,11H,7H2,1-2H3,(H2,15,18)(H2,16,17,19);1-5H,6H2,(H2,9,10). The van der Waals surface area contributed by atoms with E-state index in [1.165, 1.54) is 0 Å². The number of rotatable bonds is 7. The van der Waals surface area contributed by atoms with Crippen molar-refractivity contribution in [3.8, 4) is 0 Å². The van der Waals surface area contributed by atoms with E-state index in [9.17, 15) is 14.4 Å². The number of primary amides is 2. The molecule has 2 aromatic rings. The van der Waals surface area contributed by atoms with Gasteiger partial charge in [0.25, 0.3) is 0 Å². The highest BCUT2D eigenvalue weighted by atomic mass is 79.9. The minimum absolute atomic E-state index is 0.269. The van der Waals surface area contributed by atoms with E-state index in [1.54, 1.807) is 12.1 Å². The molecule has 0 bridgehead atoms. The van der Waals surface area contributed by atoms with Gasteiger partial charge in [-0.05, 0) is 42.2 Å². The van der Waals surface area contributed by atoms with Crippen LogP contribution >= 0.6 is 15.9 Å². The molecule has 29 heavy (non-hydrogen) atoms. The van der Waals surface area contributed by atoms with Gasteiger partial charge in [-0.3, -0.25) is 9.59 Å². The fourth-order valence-electron chi connectivity index (χ4n) is 2.37. The summed E-state index contributed by atoms with van der Waals surface area (Å²) in [6.07, 6.45) is 0.851. The van der Waals surface area contributed by atoms with Crippen LogP contribution in [0.5, 0.6) is 0 Å². The lowest BCUT2D eigenvalue weighted by molar-refractivity contribution is -0.120. The molecule has 0 aliphatic heterocycles. The first-order valence-corrected chi connectivity index (χ1v) is 9.91. The van der Waals surface area contributed by atoms with Gasteiger partial charge >= 0.3 is 6.03 Å². The lowest BCUT2D eigenvalue weighted by atomic mass is 10.0. The molecule has 0 aliphatic carbocycles. The van der Waals surface area contributed by atoms with E-state index in [0.29, 0.717) is 18.5 Å². The second-order valence-electron chi connectivity index (χ2n) is 6.82. The fourth-order valence-corrected chi connectivity index (χ4v) is 2.64. The first-order chi connectivity index (χ1) is 13.7. The molecule has 0 saturated heterocycles. The van der Waals surface area contributed by atoms with Crippen LogP contribution in [0.4, 0.5) is 10.5 Å². The van der Waals surface area contributed by atoms with Gasteiger partial charge in [-0.2, -0.15) is 0 Å². The topological polar surface area (TPSA) is 127 Å². The summed E-state index contributed by atoms with van der Waals surface area (Å²) in [5.74, 6) is -0.545. The van der Waals surface area contributed by atoms with E-state index in [1.807, 2.05) is 56.3 Å². The van der Waals surface area contributed by atoms with Gasteiger partial charge in [0.05, 0.1) is 6.42 Å². The van der Waals surface area contributed by atoms with Gasteiger partial charge in [-0.1, -0.05) is 60.1 Å². The molecule has 156 valence electrons. The molecule has 0 aromatic heterocycles. The van der Waals surface area contributed by atoms with E-state index < -0.39 is 18.0 Å². The van der Waals surface area contributed by atoms with Crippen LogP contribution in [-0.4, -0.2) is 23.9 Å². The molecular weight excluding hydrogens is 436 g/mol. The summed E-state index contributed by atoms with van der Waals surface area (Å²) >= 11 is 3.31. The van der Waals surface area contributed by atoms with Gasteiger partial charge in [0.15, 0.2) is 0 Å². The maximum Gasteiger partial charge on any atom is 0.319 e. The minimum Gasteiger partial charge on any atom is -0.369 e. The predicted octanol–water partition coefficient (Wildman–Crippen LogP) is 3.19. The molecule has 0 aliphatic rings. The van der Waals surface area contributed by atoms with E-state index in [-0.39, 0.29) is 11.8 Å². The van der Waals surface area contributed by atoms with Crippen molar-refractivity contribution in [2.75, 3.05) is 5.32 Å². The Balaban J connectivity index is 0.000000352. The molecule has 1 unspecified atom stereocenters. The Bertz CT molecular complexity index is 795. The molecule has 0 radical (unpaired) electrons. The molecule has 0 spiro atoms. The van der Waals surface area contributed by atoms with Crippen LogP contribution in [0.2, 0.25) is 0 Å². The van der Waals surface area contributed by atoms with Gasteiger partial charge in [-0.15, -0.1) is 0 Å². The third-order valence-corrected chi connectivity index (χ3v) is 4.21. The lowest BCUT2D eigenvalue weighted by Crippen LogP contribution is -2.46. The Labute approximate surface area is 179 Å². The third-order valence-electron chi connectivity index (χ3n) is 3.68. The van der Waals surface area contributed by atoms with Crippen molar-refractivity contribution in [1.29, 1.82) is 0 Å². The molecule has 4 amide bonds. The number of nitrogens with one attached hydrogen (secondary N) is 2. The molecule has 0 saturated carbocycles. The van der Waals surface area contributed by atoms with Gasteiger partial charge in [0.2, 0.25) is 11.8 Å². The van der Waals surface area contributed by atoms with E-state index in [0.717, 1.165) is 10.0 Å². The van der Waals surface area contributed by atoms with Crippen LogP contribution in [0.1, 0.15) is 25.8 Å². The second-order valence-corrected chi connectivity index (χ2v) is 7.73. The number of urea groups is 1. The van der Waals surface area contributed by atoms with Gasteiger partial charge < -0.3 is 22.1 Å². The van der Waals surface area contributed by atoms with Crippen molar-refractivity contribution < 1.29 is 14.4 Å². The Morgan fingerprint density at radius 3 is 2.03 bits per heavy atom. The number of carbonyl (C=O) groups excluding carboxylic acids is 3. The number of benzene rings is 2. The van der Waals surface area contributed by atoms with E-state index in [2.05, 4.69) is 26.6 Å². The van der Waals surface area contributed by atoms with Gasteiger partial charge in [-0.25, -0.2) is 4.79 Å². The summed E-state index contributed by atoms with van der Waals surface area (Å²) in [5, 5.41) is 5.22. The lowest BCUT2D eigenvalue weighted by Gasteiger charge is -2.17. The van der Waals surface area contributed by atoms with Gasteiger partial charge in [0.1, 0.15) is 6.04 Å². The highest BCUT2D eigenvalue weighted by Crippen LogP contribution is 2.14. The van der Waals surface area contributed by atoms with E-state index in [4.69, 9.17) is 11.5 Å². The summed E-state index contributed by atoms with van der Waals surface area (Å²) in [7, 11) is 0.